The van der Waals surface area contributed by atoms with Gasteiger partial charge in [-0.15, -0.1) is 0 Å². The van der Waals surface area contributed by atoms with Crippen molar-refractivity contribution in [2.24, 2.45) is 0 Å². The van der Waals surface area contributed by atoms with E-state index in [2.05, 4.69) is 10.4 Å². The quantitative estimate of drug-likeness (QED) is 0.425. The van der Waals surface area contributed by atoms with E-state index in [1.165, 1.54) is 5.56 Å². The number of halogens is 4. The number of unbranched alkanes of at least 4 members (excludes halogenated alkanes) is 1. The summed E-state index contributed by atoms with van der Waals surface area (Å²) < 4.78 is 59.0. The van der Waals surface area contributed by atoms with Gasteiger partial charge in [0.1, 0.15) is 5.82 Å². The number of carbonyl (C=O) groups excluding carboxylic acids is 1. The van der Waals surface area contributed by atoms with Crippen LogP contribution in [0.2, 0.25) is 0 Å². The summed E-state index contributed by atoms with van der Waals surface area (Å²) in [5.41, 5.74) is -0.101. The first-order valence-electron chi connectivity index (χ1n) is 9.25. The van der Waals surface area contributed by atoms with Crippen LogP contribution >= 0.6 is 0 Å². The number of alkyl halides is 3. The van der Waals surface area contributed by atoms with Crippen LogP contribution < -0.4 is 10.1 Å². The highest BCUT2D eigenvalue weighted by Gasteiger charge is 2.40. The molecule has 0 aliphatic heterocycles. The van der Waals surface area contributed by atoms with Gasteiger partial charge in [0.05, 0.1) is 11.9 Å². The highest BCUT2D eigenvalue weighted by molar-refractivity contribution is 5.70. The number of amides is 1. The summed E-state index contributed by atoms with van der Waals surface area (Å²) in [6.07, 6.45) is -2.75. The summed E-state index contributed by atoms with van der Waals surface area (Å²) in [7, 11) is 0. The van der Waals surface area contributed by atoms with Crippen LogP contribution in [0.4, 0.5) is 22.4 Å². The molecule has 0 aliphatic carbocycles. The molecule has 5 nitrogen and oxygen atoms in total. The predicted molar refractivity (Wildman–Crippen MR) is 102 cm³/mol. The molecule has 158 valence electrons. The van der Waals surface area contributed by atoms with Crippen molar-refractivity contribution in [3.8, 4) is 11.4 Å². The first-order chi connectivity index (χ1) is 14.3. The molecule has 0 atom stereocenters. The van der Waals surface area contributed by atoms with E-state index in [-0.39, 0.29) is 12.2 Å². The van der Waals surface area contributed by atoms with Gasteiger partial charge in [-0.2, -0.15) is 18.3 Å². The Bertz CT molecular complexity index is 970. The number of nitrogens with zero attached hydrogens (tertiary/aromatic N) is 2. The first kappa shape index (κ1) is 21.4. The van der Waals surface area contributed by atoms with Crippen molar-refractivity contribution in [1.29, 1.82) is 0 Å². The van der Waals surface area contributed by atoms with Crippen molar-refractivity contribution in [2.75, 3.05) is 6.54 Å². The monoisotopic (exact) mass is 421 g/mol. The van der Waals surface area contributed by atoms with Crippen LogP contribution in [0.3, 0.4) is 0 Å². The number of benzene rings is 2. The lowest BCUT2D eigenvalue weighted by Gasteiger charge is -2.13. The summed E-state index contributed by atoms with van der Waals surface area (Å²) in [5, 5.41) is 6.09. The van der Waals surface area contributed by atoms with Gasteiger partial charge in [-0.1, -0.05) is 30.3 Å². The molecule has 0 unspecified atom stereocenters. The molecule has 0 radical (unpaired) electrons. The van der Waals surface area contributed by atoms with E-state index in [0.29, 0.717) is 11.1 Å². The third-order valence-corrected chi connectivity index (χ3v) is 4.28. The third kappa shape index (κ3) is 5.59. The average molecular weight is 421 g/mol. The zero-order valence-electron chi connectivity index (χ0n) is 15.8. The van der Waals surface area contributed by atoms with Gasteiger partial charge in [-0.3, -0.25) is 0 Å². The fourth-order valence-electron chi connectivity index (χ4n) is 2.87. The Morgan fingerprint density at radius 1 is 1.03 bits per heavy atom. The molecule has 0 bridgehead atoms. The fourth-order valence-corrected chi connectivity index (χ4v) is 2.87. The molecular weight excluding hydrogens is 402 g/mol. The fraction of sp³-hybridized carbons (Fsp3) is 0.238. The molecule has 1 N–H and O–H groups in total. The summed E-state index contributed by atoms with van der Waals surface area (Å²) in [5.74, 6) is -1.32. The van der Waals surface area contributed by atoms with Crippen LogP contribution in [0, 0.1) is 5.82 Å². The van der Waals surface area contributed by atoms with Crippen LogP contribution in [0.1, 0.15) is 24.1 Å². The van der Waals surface area contributed by atoms with E-state index < -0.39 is 29.5 Å². The van der Waals surface area contributed by atoms with Gasteiger partial charge in [0.25, 0.3) is 0 Å². The summed E-state index contributed by atoms with van der Waals surface area (Å²) >= 11 is 0. The molecule has 0 spiro atoms. The summed E-state index contributed by atoms with van der Waals surface area (Å²) in [4.78, 5) is 11.9. The van der Waals surface area contributed by atoms with Crippen molar-refractivity contribution >= 4 is 6.09 Å². The number of rotatable bonds is 7. The smallest absolute Gasteiger partial charge is 0.406 e. The van der Waals surface area contributed by atoms with Crippen molar-refractivity contribution < 1.29 is 27.1 Å². The Balaban J connectivity index is 1.59. The Labute approximate surface area is 170 Å². The van der Waals surface area contributed by atoms with E-state index in [4.69, 9.17) is 4.74 Å². The number of nitrogens with one attached hydrogen (secondary N) is 1. The normalized spacial score (nSPS) is 11.3. The molecule has 0 fully saturated rings. The minimum Gasteiger partial charge on any atom is -0.406 e. The van der Waals surface area contributed by atoms with Gasteiger partial charge in [0, 0.05) is 6.54 Å². The molecule has 1 aromatic heterocycles. The van der Waals surface area contributed by atoms with Crippen LogP contribution in [0.25, 0.3) is 5.69 Å². The van der Waals surface area contributed by atoms with Crippen LogP contribution in [-0.2, 0) is 12.6 Å². The molecule has 3 aromatic rings. The maximum atomic E-state index is 13.5. The maximum Gasteiger partial charge on any atom is 0.437 e. The highest BCUT2D eigenvalue weighted by Crippen LogP contribution is 2.37. The molecule has 0 saturated heterocycles. The molecule has 2 aromatic carbocycles. The van der Waals surface area contributed by atoms with E-state index in [0.717, 1.165) is 43.3 Å². The topological polar surface area (TPSA) is 56.1 Å². The van der Waals surface area contributed by atoms with Crippen molar-refractivity contribution in [3.05, 3.63) is 77.9 Å². The number of carbonyl (C=O) groups is 1. The Morgan fingerprint density at radius 2 is 1.73 bits per heavy atom. The highest BCUT2D eigenvalue weighted by atomic mass is 19.4. The second-order valence-electron chi connectivity index (χ2n) is 6.50. The molecule has 3 rings (SSSR count). The van der Waals surface area contributed by atoms with Gasteiger partial charge in [0.2, 0.25) is 0 Å². The Morgan fingerprint density at radius 3 is 2.40 bits per heavy atom. The minimum absolute atomic E-state index is 0.0140. The molecule has 9 heteroatoms. The van der Waals surface area contributed by atoms with E-state index in [9.17, 15) is 22.4 Å². The van der Waals surface area contributed by atoms with Gasteiger partial charge in [-0.25, -0.2) is 13.9 Å². The Hall–Kier alpha value is -3.36. The maximum absolute atomic E-state index is 13.5. The zero-order chi connectivity index (χ0) is 21.6. The SMILES string of the molecule is O=C(NCCCCc1ccccc1)Oc1cnn(-c2ccc(F)cc2)c1C(F)(F)F. The number of aryl methyl sites for hydroxylation is 1. The second-order valence-corrected chi connectivity index (χ2v) is 6.50. The van der Waals surface area contributed by atoms with Gasteiger partial charge < -0.3 is 10.1 Å². The lowest BCUT2D eigenvalue weighted by molar-refractivity contribution is -0.143. The molecule has 30 heavy (non-hydrogen) atoms. The lowest BCUT2D eigenvalue weighted by atomic mass is 10.1. The van der Waals surface area contributed by atoms with Gasteiger partial charge in [-0.05, 0) is 49.1 Å². The zero-order valence-corrected chi connectivity index (χ0v) is 15.8. The minimum atomic E-state index is -4.84. The molecular formula is C21H19F4N3O2. The third-order valence-electron chi connectivity index (χ3n) is 4.28. The molecule has 1 heterocycles. The van der Waals surface area contributed by atoms with Gasteiger partial charge >= 0.3 is 12.3 Å². The van der Waals surface area contributed by atoms with Crippen molar-refractivity contribution in [3.63, 3.8) is 0 Å². The second kappa shape index (κ2) is 9.43. The van der Waals surface area contributed by atoms with Crippen molar-refractivity contribution in [2.45, 2.75) is 25.4 Å². The predicted octanol–water partition coefficient (Wildman–Crippen LogP) is 5.14. The number of aromatic nitrogens is 2. The number of hydrogen-bond acceptors (Lipinski definition) is 3. The number of hydrogen-bond donors (Lipinski definition) is 1. The van der Waals surface area contributed by atoms with Crippen molar-refractivity contribution in [1.82, 2.24) is 15.1 Å². The molecule has 0 aliphatic rings. The van der Waals surface area contributed by atoms with E-state index in [1.54, 1.807) is 0 Å². The van der Waals surface area contributed by atoms with Crippen LogP contribution in [-0.4, -0.2) is 22.4 Å². The number of ether oxygens (including phenoxy) is 1. The standard InChI is InChI=1S/C21H19F4N3O2/c22-16-9-11-17(12-10-16)28-19(21(23,24)25)18(14-27-28)30-20(29)26-13-5-4-8-15-6-2-1-3-7-15/h1-3,6-7,9-12,14H,4-5,8,13H2,(H,26,29). The van der Waals surface area contributed by atoms with E-state index in [1.807, 2.05) is 30.3 Å². The summed E-state index contributed by atoms with van der Waals surface area (Å²) in [6.45, 7) is 0.263. The van der Waals surface area contributed by atoms with Crippen LogP contribution in [0.5, 0.6) is 5.75 Å². The van der Waals surface area contributed by atoms with E-state index >= 15 is 0 Å². The first-order valence-corrected chi connectivity index (χ1v) is 9.25. The summed E-state index contributed by atoms with van der Waals surface area (Å²) in [6, 6.07) is 14.1. The largest absolute Gasteiger partial charge is 0.437 e. The average Bonchev–Trinajstić information content (AvgIpc) is 3.13. The molecule has 0 saturated carbocycles. The lowest BCUT2D eigenvalue weighted by Crippen LogP contribution is -2.28. The van der Waals surface area contributed by atoms with Crippen LogP contribution in [0.15, 0.2) is 60.8 Å². The van der Waals surface area contributed by atoms with Gasteiger partial charge in [0.15, 0.2) is 11.4 Å². The molecule has 1 amide bonds. The Kier molecular flexibility index (Phi) is 6.71.